The Bertz CT molecular complexity index is 448. The molecule has 0 aliphatic heterocycles. The van der Waals surface area contributed by atoms with E-state index >= 15 is 0 Å². The number of anilines is 1. The third-order valence-corrected chi connectivity index (χ3v) is 2.71. The number of aryl methyl sites for hydroxylation is 1. The molecule has 100 valence electrons. The summed E-state index contributed by atoms with van der Waals surface area (Å²) in [4.78, 5) is 21.2. The van der Waals surface area contributed by atoms with Crippen LogP contribution in [0.5, 0.6) is 5.88 Å². The molecule has 18 heavy (non-hydrogen) atoms. The van der Waals surface area contributed by atoms with Crippen molar-refractivity contribution in [2.24, 2.45) is 5.92 Å². The van der Waals surface area contributed by atoms with Crippen molar-refractivity contribution in [1.29, 1.82) is 0 Å². The second-order valence-electron chi connectivity index (χ2n) is 4.35. The largest absolute Gasteiger partial charge is 0.481 e. The van der Waals surface area contributed by atoms with Crippen LogP contribution in [0.4, 0.5) is 5.82 Å². The van der Waals surface area contributed by atoms with Crippen LogP contribution in [0, 0.1) is 19.8 Å². The van der Waals surface area contributed by atoms with Gasteiger partial charge in [0.15, 0.2) is 0 Å². The van der Waals surface area contributed by atoms with Gasteiger partial charge >= 0.3 is 5.97 Å². The minimum atomic E-state index is -0.822. The highest BCUT2D eigenvalue weighted by molar-refractivity contribution is 5.70. The molecular formula is C12H19N3O3. The van der Waals surface area contributed by atoms with E-state index in [0.29, 0.717) is 24.1 Å². The van der Waals surface area contributed by atoms with Crippen molar-refractivity contribution < 1.29 is 14.6 Å². The molecule has 0 saturated carbocycles. The van der Waals surface area contributed by atoms with E-state index in [1.165, 1.54) is 0 Å². The predicted molar refractivity (Wildman–Crippen MR) is 68.1 cm³/mol. The second kappa shape index (κ2) is 5.66. The Morgan fingerprint density at radius 3 is 2.56 bits per heavy atom. The van der Waals surface area contributed by atoms with E-state index in [0.717, 1.165) is 5.56 Å². The Balaban J connectivity index is 3.01. The quantitative estimate of drug-likeness (QED) is 0.851. The molecule has 1 rings (SSSR count). The molecule has 0 saturated heterocycles. The van der Waals surface area contributed by atoms with Gasteiger partial charge in [0, 0.05) is 13.6 Å². The Kier molecular flexibility index (Phi) is 4.47. The summed E-state index contributed by atoms with van der Waals surface area (Å²) in [5, 5.41) is 8.92. The second-order valence-corrected chi connectivity index (χ2v) is 4.35. The third-order valence-electron chi connectivity index (χ3n) is 2.71. The van der Waals surface area contributed by atoms with Gasteiger partial charge in [-0.1, -0.05) is 6.92 Å². The zero-order valence-electron chi connectivity index (χ0n) is 11.4. The maximum Gasteiger partial charge on any atom is 0.308 e. The first-order valence-electron chi connectivity index (χ1n) is 5.70. The highest BCUT2D eigenvalue weighted by atomic mass is 16.5. The molecule has 0 aromatic carbocycles. The molecule has 0 fully saturated rings. The van der Waals surface area contributed by atoms with Crippen molar-refractivity contribution in [1.82, 2.24) is 9.97 Å². The highest BCUT2D eigenvalue weighted by Crippen LogP contribution is 2.24. The smallest absolute Gasteiger partial charge is 0.308 e. The van der Waals surface area contributed by atoms with Crippen LogP contribution in [0.1, 0.15) is 18.3 Å². The third kappa shape index (κ3) is 3.09. The van der Waals surface area contributed by atoms with Crippen LogP contribution >= 0.6 is 0 Å². The first-order chi connectivity index (χ1) is 8.36. The van der Waals surface area contributed by atoms with Crippen LogP contribution in [0.2, 0.25) is 0 Å². The average molecular weight is 253 g/mol. The molecule has 1 aromatic heterocycles. The Morgan fingerprint density at radius 1 is 1.44 bits per heavy atom. The number of aromatic nitrogens is 2. The van der Waals surface area contributed by atoms with Gasteiger partial charge in [-0.3, -0.25) is 4.79 Å². The zero-order valence-corrected chi connectivity index (χ0v) is 11.4. The predicted octanol–water partition coefficient (Wildman–Crippen LogP) is 1.26. The van der Waals surface area contributed by atoms with Crippen molar-refractivity contribution >= 4 is 11.8 Å². The van der Waals surface area contributed by atoms with Gasteiger partial charge in [-0.2, -0.15) is 4.98 Å². The fraction of sp³-hybridized carbons (Fsp3) is 0.583. The first kappa shape index (κ1) is 14.2. The highest BCUT2D eigenvalue weighted by Gasteiger charge is 2.18. The van der Waals surface area contributed by atoms with E-state index in [9.17, 15) is 4.79 Å². The van der Waals surface area contributed by atoms with Crippen LogP contribution in [-0.2, 0) is 4.79 Å². The number of hydrogen-bond acceptors (Lipinski definition) is 5. The Hall–Kier alpha value is -1.85. The number of carbonyl (C=O) groups is 1. The van der Waals surface area contributed by atoms with Gasteiger partial charge in [0.25, 0.3) is 0 Å². The van der Waals surface area contributed by atoms with Crippen molar-refractivity contribution in [3.8, 4) is 5.88 Å². The summed E-state index contributed by atoms with van der Waals surface area (Å²) in [5.41, 5.74) is 0.809. The summed E-state index contributed by atoms with van der Waals surface area (Å²) in [6, 6.07) is 0. The van der Waals surface area contributed by atoms with Crippen LogP contribution in [0.15, 0.2) is 0 Å². The fourth-order valence-electron chi connectivity index (χ4n) is 1.73. The topological polar surface area (TPSA) is 75.6 Å². The lowest BCUT2D eigenvalue weighted by atomic mass is 10.1. The Labute approximate surface area is 107 Å². The molecule has 6 heteroatoms. The number of aliphatic carboxylic acids is 1. The summed E-state index contributed by atoms with van der Waals surface area (Å²) in [6.07, 6.45) is 0. The number of rotatable bonds is 5. The van der Waals surface area contributed by atoms with Crippen molar-refractivity contribution in [2.45, 2.75) is 20.8 Å². The number of carboxylic acids is 1. The average Bonchev–Trinajstić information content (AvgIpc) is 2.31. The molecule has 0 bridgehead atoms. The van der Waals surface area contributed by atoms with Gasteiger partial charge in [0.1, 0.15) is 11.6 Å². The number of hydrogen-bond donors (Lipinski definition) is 1. The van der Waals surface area contributed by atoms with Crippen LogP contribution in [0.3, 0.4) is 0 Å². The molecule has 1 unspecified atom stereocenters. The molecule has 1 atom stereocenters. The standard InChI is InChI=1S/C12H19N3O3/c1-7(12(16)17)6-15(4)10-8(2)11(18-5)14-9(3)13-10/h7H,6H2,1-5H3,(H,16,17). The summed E-state index contributed by atoms with van der Waals surface area (Å²) >= 11 is 0. The number of ether oxygens (including phenoxy) is 1. The summed E-state index contributed by atoms with van der Waals surface area (Å²) in [5.74, 6) is 0.537. The normalized spacial score (nSPS) is 12.1. The lowest BCUT2D eigenvalue weighted by Crippen LogP contribution is -2.30. The van der Waals surface area contributed by atoms with Crippen LogP contribution in [-0.4, -0.2) is 41.7 Å². The van der Waals surface area contributed by atoms with Gasteiger partial charge < -0.3 is 14.7 Å². The lowest BCUT2D eigenvalue weighted by Gasteiger charge is -2.23. The van der Waals surface area contributed by atoms with Gasteiger partial charge in [-0.05, 0) is 13.8 Å². The molecule has 0 aliphatic rings. The molecule has 1 aromatic rings. The molecule has 0 aliphatic carbocycles. The van der Waals surface area contributed by atoms with Crippen molar-refractivity contribution in [2.75, 3.05) is 25.6 Å². The number of nitrogens with zero attached hydrogens (tertiary/aromatic N) is 3. The van der Waals surface area contributed by atoms with E-state index in [2.05, 4.69) is 9.97 Å². The molecule has 0 amide bonds. The maximum absolute atomic E-state index is 10.9. The maximum atomic E-state index is 10.9. The van der Waals surface area contributed by atoms with Gasteiger partial charge in [0.05, 0.1) is 18.6 Å². The van der Waals surface area contributed by atoms with Gasteiger partial charge in [-0.15, -0.1) is 0 Å². The zero-order chi connectivity index (χ0) is 13.9. The molecule has 1 N–H and O–H groups in total. The summed E-state index contributed by atoms with van der Waals surface area (Å²) < 4.78 is 5.17. The molecule has 1 heterocycles. The summed E-state index contributed by atoms with van der Waals surface area (Å²) in [6.45, 7) is 5.69. The monoisotopic (exact) mass is 253 g/mol. The Morgan fingerprint density at radius 2 is 2.06 bits per heavy atom. The SMILES string of the molecule is COc1nc(C)nc(N(C)CC(C)C(=O)O)c1C. The first-order valence-corrected chi connectivity index (χ1v) is 5.70. The van der Waals surface area contributed by atoms with E-state index < -0.39 is 11.9 Å². The number of carboxylic acid groups (broad SMARTS) is 1. The molecular weight excluding hydrogens is 234 g/mol. The fourth-order valence-corrected chi connectivity index (χ4v) is 1.73. The lowest BCUT2D eigenvalue weighted by molar-refractivity contribution is -0.140. The molecule has 6 nitrogen and oxygen atoms in total. The summed E-state index contributed by atoms with van der Waals surface area (Å²) in [7, 11) is 3.37. The molecule has 0 spiro atoms. The van der Waals surface area contributed by atoms with Crippen LogP contribution in [0.25, 0.3) is 0 Å². The van der Waals surface area contributed by atoms with Crippen molar-refractivity contribution in [3.05, 3.63) is 11.4 Å². The molecule has 0 radical (unpaired) electrons. The van der Waals surface area contributed by atoms with E-state index in [1.807, 2.05) is 18.9 Å². The van der Waals surface area contributed by atoms with Crippen LogP contribution < -0.4 is 9.64 Å². The van der Waals surface area contributed by atoms with Crippen molar-refractivity contribution in [3.63, 3.8) is 0 Å². The minimum absolute atomic E-state index is 0.385. The van der Waals surface area contributed by atoms with Gasteiger partial charge in [0.2, 0.25) is 5.88 Å². The number of methoxy groups -OCH3 is 1. The van der Waals surface area contributed by atoms with E-state index in [4.69, 9.17) is 9.84 Å². The van der Waals surface area contributed by atoms with Gasteiger partial charge in [-0.25, -0.2) is 4.98 Å². The van der Waals surface area contributed by atoms with E-state index in [1.54, 1.807) is 21.0 Å². The minimum Gasteiger partial charge on any atom is -0.481 e. The van der Waals surface area contributed by atoms with E-state index in [-0.39, 0.29) is 0 Å².